The molecule has 0 saturated heterocycles. The fraction of sp³-hybridized carbons (Fsp3) is 0.692. The lowest BCUT2D eigenvalue weighted by Gasteiger charge is -2.31. The van der Waals surface area contributed by atoms with Crippen molar-refractivity contribution in [1.82, 2.24) is 5.32 Å². The third-order valence-corrected chi connectivity index (χ3v) is 4.03. The monoisotopic (exact) mass is 285 g/mol. The molecule has 1 saturated carbocycles. The van der Waals surface area contributed by atoms with E-state index in [2.05, 4.69) is 28.2 Å². The van der Waals surface area contributed by atoms with Gasteiger partial charge in [-0.1, -0.05) is 26.2 Å². The molecular formula is C13H20BrNO. The summed E-state index contributed by atoms with van der Waals surface area (Å²) in [5.74, 6) is 1.87. The Labute approximate surface area is 106 Å². The molecule has 1 aromatic rings. The predicted molar refractivity (Wildman–Crippen MR) is 69.3 cm³/mol. The summed E-state index contributed by atoms with van der Waals surface area (Å²) in [7, 11) is 0. The van der Waals surface area contributed by atoms with Crippen molar-refractivity contribution in [3.63, 3.8) is 0 Å². The van der Waals surface area contributed by atoms with Crippen LogP contribution in [0.4, 0.5) is 0 Å². The summed E-state index contributed by atoms with van der Waals surface area (Å²) in [6, 6.07) is 4.67. The Kier molecular flexibility index (Phi) is 4.47. The maximum atomic E-state index is 5.50. The van der Waals surface area contributed by atoms with E-state index in [1.54, 1.807) is 0 Å². The number of hydrogen-bond donors (Lipinski definition) is 1. The largest absolute Gasteiger partial charge is 0.453 e. The molecule has 0 bridgehead atoms. The van der Waals surface area contributed by atoms with Gasteiger partial charge in [-0.05, 0) is 46.8 Å². The van der Waals surface area contributed by atoms with E-state index in [0.717, 1.165) is 22.9 Å². The van der Waals surface area contributed by atoms with Gasteiger partial charge in [-0.25, -0.2) is 0 Å². The van der Waals surface area contributed by atoms with Crippen LogP contribution in [-0.2, 0) is 6.54 Å². The zero-order valence-electron chi connectivity index (χ0n) is 9.84. The van der Waals surface area contributed by atoms with Crippen LogP contribution in [0, 0.1) is 5.92 Å². The summed E-state index contributed by atoms with van der Waals surface area (Å²) in [6.07, 6.45) is 6.77. The molecule has 16 heavy (non-hydrogen) atoms. The van der Waals surface area contributed by atoms with Crippen molar-refractivity contribution in [2.75, 3.05) is 0 Å². The second-order valence-electron chi connectivity index (χ2n) is 4.65. The first-order valence-electron chi connectivity index (χ1n) is 6.27. The average molecular weight is 286 g/mol. The first-order chi connectivity index (χ1) is 7.79. The van der Waals surface area contributed by atoms with Gasteiger partial charge < -0.3 is 9.73 Å². The SMILES string of the molecule is CCC1CCCCC1NCc1ccc(Br)o1. The van der Waals surface area contributed by atoms with Gasteiger partial charge in [0.15, 0.2) is 4.67 Å². The molecular weight excluding hydrogens is 266 g/mol. The van der Waals surface area contributed by atoms with E-state index >= 15 is 0 Å². The summed E-state index contributed by atoms with van der Waals surface area (Å²) in [5, 5.41) is 3.64. The molecule has 1 aromatic heterocycles. The van der Waals surface area contributed by atoms with Crippen LogP contribution in [0.3, 0.4) is 0 Å². The molecule has 3 heteroatoms. The molecule has 0 aromatic carbocycles. The molecule has 2 nitrogen and oxygen atoms in total. The van der Waals surface area contributed by atoms with E-state index in [-0.39, 0.29) is 0 Å². The van der Waals surface area contributed by atoms with Gasteiger partial charge in [0.05, 0.1) is 6.54 Å². The molecule has 2 rings (SSSR count). The number of hydrogen-bond acceptors (Lipinski definition) is 2. The van der Waals surface area contributed by atoms with Gasteiger partial charge in [0.25, 0.3) is 0 Å². The number of rotatable bonds is 4. The van der Waals surface area contributed by atoms with Crippen molar-refractivity contribution in [2.24, 2.45) is 5.92 Å². The molecule has 1 heterocycles. The number of halogens is 1. The molecule has 1 aliphatic carbocycles. The zero-order chi connectivity index (χ0) is 11.4. The second-order valence-corrected chi connectivity index (χ2v) is 5.43. The lowest BCUT2D eigenvalue weighted by molar-refractivity contribution is 0.249. The van der Waals surface area contributed by atoms with E-state index in [0.29, 0.717) is 6.04 Å². The van der Waals surface area contributed by atoms with Gasteiger partial charge in [-0.15, -0.1) is 0 Å². The average Bonchev–Trinajstić information content (AvgIpc) is 2.73. The van der Waals surface area contributed by atoms with Crippen LogP contribution >= 0.6 is 15.9 Å². The summed E-state index contributed by atoms with van der Waals surface area (Å²) in [4.78, 5) is 0. The molecule has 1 N–H and O–H groups in total. The standard InChI is InChI=1S/C13H20BrNO/c1-2-10-5-3-4-6-12(10)15-9-11-7-8-13(14)16-11/h7-8,10,12,15H,2-6,9H2,1H3. The minimum Gasteiger partial charge on any atom is -0.453 e. The van der Waals surface area contributed by atoms with Crippen molar-refractivity contribution in [2.45, 2.75) is 51.6 Å². The Morgan fingerprint density at radius 1 is 1.38 bits per heavy atom. The van der Waals surface area contributed by atoms with Gasteiger partial charge in [0.1, 0.15) is 5.76 Å². The molecule has 0 radical (unpaired) electrons. The Balaban J connectivity index is 1.84. The first kappa shape index (κ1) is 12.2. The smallest absolute Gasteiger partial charge is 0.169 e. The molecule has 1 fully saturated rings. The van der Waals surface area contributed by atoms with Crippen molar-refractivity contribution in [3.8, 4) is 0 Å². The Morgan fingerprint density at radius 2 is 2.19 bits per heavy atom. The van der Waals surface area contributed by atoms with Crippen molar-refractivity contribution < 1.29 is 4.42 Å². The van der Waals surface area contributed by atoms with Crippen LogP contribution in [0.25, 0.3) is 0 Å². The van der Waals surface area contributed by atoms with Crippen LogP contribution in [0.15, 0.2) is 21.2 Å². The van der Waals surface area contributed by atoms with Crippen LogP contribution < -0.4 is 5.32 Å². The van der Waals surface area contributed by atoms with Crippen LogP contribution in [0.1, 0.15) is 44.8 Å². The summed E-state index contributed by atoms with van der Waals surface area (Å²) in [6.45, 7) is 3.15. The minimum absolute atomic E-state index is 0.683. The van der Waals surface area contributed by atoms with E-state index in [1.807, 2.05) is 12.1 Å². The van der Waals surface area contributed by atoms with Gasteiger partial charge in [0.2, 0.25) is 0 Å². The fourth-order valence-corrected chi connectivity index (χ4v) is 2.98. The van der Waals surface area contributed by atoms with Gasteiger partial charge in [0, 0.05) is 6.04 Å². The van der Waals surface area contributed by atoms with E-state index in [1.165, 1.54) is 32.1 Å². The third kappa shape index (κ3) is 3.11. The minimum atomic E-state index is 0.683. The van der Waals surface area contributed by atoms with Gasteiger partial charge in [-0.3, -0.25) is 0 Å². The quantitative estimate of drug-likeness (QED) is 0.901. The predicted octanol–water partition coefficient (Wildman–Crippen LogP) is 4.10. The van der Waals surface area contributed by atoms with Gasteiger partial charge >= 0.3 is 0 Å². The Morgan fingerprint density at radius 3 is 2.88 bits per heavy atom. The lowest BCUT2D eigenvalue weighted by Crippen LogP contribution is -2.37. The highest BCUT2D eigenvalue weighted by molar-refractivity contribution is 9.10. The fourth-order valence-electron chi connectivity index (χ4n) is 2.64. The lowest BCUT2D eigenvalue weighted by atomic mass is 9.83. The number of nitrogens with one attached hydrogen (secondary N) is 1. The first-order valence-corrected chi connectivity index (χ1v) is 7.06. The van der Waals surface area contributed by atoms with E-state index in [9.17, 15) is 0 Å². The molecule has 2 atom stereocenters. The molecule has 0 spiro atoms. The maximum absolute atomic E-state index is 5.50. The van der Waals surface area contributed by atoms with Gasteiger partial charge in [-0.2, -0.15) is 0 Å². The zero-order valence-corrected chi connectivity index (χ0v) is 11.4. The Hall–Kier alpha value is -0.280. The molecule has 0 amide bonds. The summed E-state index contributed by atoms with van der Waals surface area (Å²) >= 11 is 3.33. The highest BCUT2D eigenvalue weighted by Crippen LogP contribution is 2.27. The van der Waals surface area contributed by atoms with Crippen molar-refractivity contribution >= 4 is 15.9 Å². The second kappa shape index (κ2) is 5.87. The van der Waals surface area contributed by atoms with Crippen molar-refractivity contribution in [3.05, 3.63) is 22.6 Å². The molecule has 2 unspecified atom stereocenters. The Bertz CT molecular complexity index is 323. The molecule has 1 aliphatic rings. The third-order valence-electron chi connectivity index (χ3n) is 3.60. The van der Waals surface area contributed by atoms with E-state index in [4.69, 9.17) is 4.42 Å². The van der Waals surface area contributed by atoms with Crippen LogP contribution in [0.2, 0.25) is 0 Å². The topological polar surface area (TPSA) is 25.2 Å². The molecule has 90 valence electrons. The summed E-state index contributed by atoms with van der Waals surface area (Å²) < 4.78 is 6.32. The summed E-state index contributed by atoms with van der Waals surface area (Å²) in [5.41, 5.74) is 0. The van der Waals surface area contributed by atoms with Crippen LogP contribution in [0.5, 0.6) is 0 Å². The maximum Gasteiger partial charge on any atom is 0.169 e. The normalized spacial score (nSPS) is 25.9. The number of furan rings is 1. The van der Waals surface area contributed by atoms with Crippen LogP contribution in [-0.4, -0.2) is 6.04 Å². The molecule has 0 aliphatic heterocycles. The van der Waals surface area contributed by atoms with E-state index < -0.39 is 0 Å². The highest BCUT2D eigenvalue weighted by Gasteiger charge is 2.23. The van der Waals surface area contributed by atoms with Crippen molar-refractivity contribution in [1.29, 1.82) is 0 Å². The highest BCUT2D eigenvalue weighted by atomic mass is 79.9.